The molecule has 3 aromatic rings. The molecular formula is C23H25N3O3. The number of hydrogen-bond donors (Lipinski definition) is 2. The first-order valence-corrected chi connectivity index (χ1v) is 9.36. The summed E-state index contributed by atoms with van der Waals surface area (Å²) in [5.41, 5.74) is 4.65. The summed E-state index contributed by atoms with van der Waals surface area (Å²) in [4.78, 5) is 24.5. The van der Waals surface area contributed by atoms with Crippen LogP contribution in [0.3, 0.4) is 0 Å². The summed E-state index contributed by atoms with van der Waals surface area (Å²) in [7, 11) is 1.55. The molecule has 0 atom stereocenters. The van der Waals surface area contributed by atoms with Crippen LogP contribution in [0, 0.1) is 13.8 Å². The van der Waals surface area contributed by atoms with Gasteiger partial charge in [0.1, 0.15) is 5.75 Å². The molecule has 0 fully saturated rings. The van der Waals surface area contributed by atoms with Gasteiger partial charge in [-0.3, -0.25) is 9.59 Å². The van der Waals surface area contributed by atoms with Crippen molar-refractivity contribution in [3.05, 3.63) is 77.1 Å². The molecule has 6 nitrogen and oxygen atoms in total. The number of ether oxygens (including phenoxy) is 1. The maximum absolute atomic E-state index is 13.0. The van der Waals surface area contributed by atoms with Crippen LogP contribution in [0.4, 0.5) is 11.4 Å². The number of methoxy groups -OCH3 is 1. The van der Waals surface area contributed by atoms with E-state index in [1.165, 1.54) is 12.5 Å². The molecule has 2 aromatic carbocycles. The SMILES string of the molecule is COc1ccc(NC(C)=O)c(NC(=O)c2cc(C)n(Cc3ccccc3)c2C)c1. The Morgan fingerprint density at radius 2 is 1.69 bits per heavy atom. The van der Waals surface area contributed by atoms with E-state index >= 15 is 0 Å². The van der Waals surface area contributed by atoms with Crippen molar-refractivity contribution in [1.82, 2.24) is 4.57 Å². The normalized spacial score (nSPS) is 10.5. The smallest absolute Gasteiger partial charge is 0.257 e. The Morgan fingerprint density at radius 3 is 2.34 bits per heavy atom. The van der Waals surface area contributed by atoms with Crippen molar-refractivity contribution in [3.8, 4) is 5.75 Å². The minimum atomic E-state index is -0.239. The van der Waals surface area contributed by atoms with E-state index in [1.54, 1.807) is 25.3 Å². The molecule has 0 aliphatic heterocycles. The van der Waals surface area contributed by atoms with E-state index in [1.807, 2.05) is 38.1 Å². The Balaban J connectivity index is 1.88. The average molecular weight is 391 g/mol. The molecule has 2 N–H and O–H groups in total. The van der Waals surface area contributed by atoms with E-state index < -0.39 is 0 Å². The van der Waals surface area contributed by atoms with Gasteiger partial charge < -0.3 is 19.9 Å². The molecule has 0 aliphatic carbocycles. The number of carbonyl (C=O) groups is 2. The minimum absolute atomic E-state index is 0.216. The fourth-order valence-corrected chi connectivity index (χ4v) is 3.28. The molecule has 0 aliphatic rings. The van der Waals surface area contributed by atoms with Gasteiger partial charge in [0.2, 0.25) is 5.91 Å². The quantitative estimate of drug-likeness (QED) is 0.655. The fraction of sp³-hybridized carbons (Fsp3) is 0.217. The van der Waals surface area contributed by atoms with Crippen molar-refractivity contribution in [2.24, 2.45) is 0 Å². The van der Waals surface area contributed by atoms with Gasteiger partial charge in [0.15, 0.2) is 0 Å². The van der Waals surface area contributed by atoms with Gasteiger partial charge in [0.05, 0.1) is 24.0 Å². The molecule has 0 spiro atoms. The Bertz CT molecular complexity index is 1040. The topological polar surface area (TPSA) is 72.4 Å². The highest BCUT2D eigenvalue weighted by molar-refractivity contribution is 6.08. The van der Waals surface area contributed by atoms with Gasteiger partial charge in [0, 0.05) is 30.9 Å². The molecule has 29 heavy (non-hydrogen) atoms. The molecule has 1 heterocycles. The van der Waals surface area contributed by atoms with Crippen LogP contribution in [-0.4, -0.2) is 23.5 Å². The van der Waals surface area contributed by atoms with E-state index in [9.17, 15) is 9.59 Å². The summed E-state index contributed by atoms with van der Waals surface area (Å²) in [5.74, 6) is 0.132. The Hall–Kier alpha value is -3.54. The van der Waals surface area contributed by atoms with Gasteiger partial charge in [-0.1, -0.05) is 30.3 Å². The van der Waals surface area contributed by atoms with Crippen molar-refractivity contribution in [3.63, 3.8) is 0 Å². The van der Waals surface area contributed by atoms with Crippen LogP contribution in [-0.2, 0) is 11.3 Å². The number of aromatic nitrogens is 1. The molecule has 0 saturated heterocycles. The molecular weight excluding hydrogens is 366 g/mol. The van der Waals surface area contributed by atoms with E-state index in [0.717, 1.165) is 11.4 Å². The highest BCUT2D eigenvalue weighted by Crippen LogP contribution is 2.28. The Labute approximate surface area is 170 Å². The van der Waals surface area contributed by atoms with Gasteiger partial charge in [0.25, 0.3) is 5.91 Å². The molecule has 6 heteroatoms. The maximum Gasteiger partial charge on any atom is 0.257 e. The number of hydrogen-bond acceptors (Lipinski definition) is 3. The van der Waals surface area contributed by atoms with Crippen molar-refractivity contribution in [1.29, 1.82) is 0 Å². The van der Waals surface area contributed by atoms with E-state index in [-0.39, 0.29) is 11.8 Å². The first kappa shape index (κ1) is 20.2. The molecule has 0 radical (unpaired) electrons. The number of rotatable bonds is 6. The lowest BCUT2D eigenvalue weighted by Gasteiger charge is -2.13. The number of nitrogens with zero attached hydrogens (tertiary/aromatic N) is 1. The number of carbonyl (C=O) groups excluding carboxylic acids is 2. The van der Waals surface area contributed by atoms with Gasteiger partial charge in [-0.15, -0.1) is 0 Å². The molecule has 3 rings (SSSR count). The first-order chi connectivity index (χ1) is 13.9. The van der Waals surface area contributed by atoms with Crippen molar-refractivity contribution < 1.29 is 14.3 Å². The molecule has 2 amide bonds. The number of benzene rings is 2. The molecule has 0 unspecified atom stereocenters. The zero-order chi connectivity index (χ0) is 21.0. The van der Waals surface area contributed by atoms with Gasteiger partial charge in [-0.2, -0.15) is 0 Å². The second kappa shape index (κ2) is 8.65. The van der Waals surface area contributed by atoms with E-state index in [0.29, 0.717) is 29.2 Å². The van der Waals surface area contributed by atoms with Gasteiger partial charge in [-0.25, -0.2) is 0 Å². The molecule has 1 aromatic heterocycles. The first-order valence-electron chi connectivity index (χ1n) is 9.36. The highest BCUT2D eigenvalue weighted by Gasteiger charge is 2.18. The van der Waals surface area contributed by atoms with Crippen molar-refractivity contribution >= 4 is 23.2 Å². The lowest BCUT2D eigenvalue weighted by Crippen LogP contribution is -2.16. The zero-order valence-electron chi connectivity index (χ0n) is 17.1. The molecule has 150 valence electrons. The Kier molecular flexibility index (Phi) is 6.02. The predicted molar refractivity (Wildman–Crippen MR) is 115 cm³/mol. The second-order valence-electron chi connectivity index (χ2n) is 6.90. The third kappa shape index (κ3) is 4.66. The van der Waals surface area contributed by atoms with Crippen LogP contribution in [0.15, 0.2) is 54.6 Å². The van der Waals surface area contributed by atoms with E-state index in [4.69, 9.17) is 4.74 Å². The van der Waals surface area contributed by atoms with Crippen LogP contribution in [0.1, 0.15) is 34.2 Å². The van der Waals surface area contributed by atoms with Crippen LogP contribution >= 0.6 is 0 Å². The molecule has 0 bridgehead atoms. The fourth-order valence-electron chi connectivity index (χ4n) is 3.28. The van der Waals surface area contributed by atoms with Crippen LogP contribution in [0.25, 0.3) is 0 Å². The van der Waals surface area contributed by atoms with Crippen molar-refractivity contribution in [2.45, 2.75) is 27.3 Å². The summed E-state index contributed by atoms with van der Waals surface area (Å²) in [6.45, 7) is 6.04. The van der Waals surface area contributed by atoms with Gasteiger partial charge >= 0.3 is 0 Å². The van der Waals surface area contributed by atoms with Crippen molar-refractivity contribution in [2.75, 3.05) is 17.7 Å². The third-order valence-electron chi connectivity index (χ3n) is 4.79. The lowest BCUT2D eigenvalue weighted by atomic mass is 10.2. The maximum atomic E-state index is 13.0. The largest absolute Gasteiger partial charge is 0.497 e. The summed E-state index contributed by atoms with van der Waals surface area (Å²) < 4.78 is 7.36. The summed E-state index contributed by atoms with van der Waals surface area (Å²) in [5, 5.41) is 5.64. The number of anilines is 2. The second-order valence-corrected chi connectivity index (χ2v) is 6.90. The Morgan fingerprint density at radius 1 is 0.966 bits per heavy atom. The number of nitrogens with one attached hydrogen (secondary N) is 2. The van der Waals surface area contributed by atoms with Crippen LogP contribution in [0.5, 0.6) is 5.75 Å². The minimum Gasteiger partial charge on any atom is -0.497 e. The zero-order valence-corrected chi connectivity index (χ0v) is 17.1. The van der Waals surface area contributed by atoms with Crippen LogP contribution < -0.4 is 15.4 Å². The number of aryl methyl sites for hydroxylation is 1. The average Bonchev–Trinajstić information content (AvgIpc) is 2.98. The van der Waals surface area contributed by atoms with Crippen LogP contribution in [0.2, 0.25) is 0 Å². The lowest BCUT2D eigenvalue weighted by molar-refractivity contribution is -0.114. The standard InChI is InChI=1S/C23H25N3O3/c1-15-12-20(16(2)26(15)14-18-8-6-5-7-9-18)23(28)25-22-13-19(29-4)10-11-21(22)24-17(3)27/h5-13H,14H2,1-4H3,(H,24,27)(H,25,28). The van der Waals surface area contributed by atoms with Gasteiger partial charge in [-0.05, 0) is 37.6 Å². The monoisotopic (exact) mass is 391 g/mol. The van der Waals surface area contributed by atoms with E-state index in [2.05, 4.69) is 27.3 Å². The summed E-state index contributed by atoms with van der Waals surface area (Å²) >= 11 is 0. The summed E-state index contributed by atoms with van der Waals surface area (Å²) in [6.07, 6.45) is 0. The predicted octanol–water partition coefficient (Wildman–Crippen LogP) is 4.37. The third-order valence-corrected chi connectivity index (χ3v) is 4.79. The summed E-state index contributed by atoms with van der Waals surface area (Å²) in [6, 6.07) is 17.1. The highest BCUT2D eigenvalue weighted by atomic mass is 16.5. The molecule has 0 saturated carbocycles. The number of amides is 2.